The fourth-order valence-electron chi connectivity index (χ4n) is 2.06. The Balaban J connectivity index is 2.21. The van der Waals surface area contributed by atoms with Gasteiger partial charge >= 0.3 is 0 Å². The third-order valence-electron chi connectivity index (χ3n) is 3.12. The van der Waals surface area contributed by atoms with Crippen molar-refractivity contribution in [2.45, 2.75) is 57.9 Å². The predicted octanol–water partition coefficient (Wildman–Crippen LogP) is 4.06. The van der Waals surface area contributed by atoms with Crippen LogP contribution >= 0.6 is 0 Å². The maximum absolute atomic E-state index is 13.4. The van der Waals surface area contributed by atoms with Crippen LogP contribution in [0.15, 0.2) is 24.3 Å². The van der Waals surface area contributed by atoms with Gasteiger partial charge in [0.2, 0.25) is 0 Å². The van der Waals surface area contributed by atoms with Crippen molar-refractivity contribution in [2.75, 3.05) is 0 Å². The lowest BCUT2D eigenvalue weighted by Crippen LogP contribution is -2.23. The van der Waals surface area contributed by atoms with Gasteiger partial charge in [0.15, 0.2) is 0 Å². The molecule has 2 heteroatoms. The van der Waals surface area contributed by atoms with Crippen LogP contribution in [0.2, 0.25) is 0 Å². The number of unbranched alkanes of at least 4 members (excludes halogenated alkanes) is 4. The van der Waals surface area contributed by atoms with Crippen LogP contribution in [0.1, 0.15) is 51.0 Å². The van der Waals surface area contributed by atoms with Gasteiger partial charge in [0, 0.05) is 6.04 Å². The Morgan fingerprint density at radius 3 is 2.53 bits per heavy atom. The van der Waals surface area contributed by atoms with E-state index in [1.807, 2.05) is 12.1 Å². The summed E-state index contributed by atoms with van der Waals surface area (Å²) in [7, 11) is 0. The van der Waals surface area contributed by atoms with E-state index in [0.29, 0.717) is 6.42 Å². The molecule has 1 aromatic carbocycles. The van der Waals surface area contributed by atoms with Gasteiger partial charge in [-0.1, -0.05) is 57.2 Å². The summed E-state index contributed by atoms with van der Waals surface area (Å²) in [5.74, 6) is -0.131. The molecule has 1 nitrogen and oxygen atoms in total. The maximum Gasteiger partial charge on any atom is 0.126 e. The van der Waals surface area contributed by atoms with Crippen molar-refractivity contribution in [3.05, 3.63) is 35.6 Å². The Labute approximate surface area is 104 Å². The monoisotopic (exact) mass is 237 g/mol. The van der Waals surface area contributed by atoms with Crippen molar-refractivity contribution >= 4 is 0 Å². The van der Waals surface area contributed by atoms with Crippen LogP contribution < -0.4 is 5.73 Å². The van der Waals surface area contributed by atoms with E-state index in [0.717, 1.165) is 18.4 Å². The molecule has 0 saturated heterocycles. The fraction of sp³-hybridized carbons (Fsp3) is 0.600. The second-order valence-electron chi connectivity index (χ2n) is 4.76. The molecule has 0 radical (unpaired) electrons. The molecule has 0 fully saturated rings. The summed E-state index contributed by atoms with van der Waals surface area (Å²) >= 11 is 0. The van der Waals surface area contributed by atoms with Crippen LogP contribution in [0, 0.1) is 5.82 Å². The maximum atomic E-state index is 13.4. The molecule has 17 heavy (non-hydrogen) atoms. The van der Waals surface area contributed by atoms with Crippen LogP contribution in [-0.2, 0) is 6.42 Å². The molecule has 0 amide bonds. The van der Waals surface area contributed by atoms with E-state index in [1.165, 1.54) is 31.7 Å². The molecule has 2 N–H and O–H groups in total. The Morgan fingerprint density at radius 1 is 1.12 bits per heavy atom. The Morgan fingerprint density at radius 2 is 1.82 bits per heavy atom. The third kappa shape index (κ3) is 5.83. The summed E-state index contributed by atoms with van der Waals surface area (Å²) < 4.78 is 13.4. The highest BCUT2D eigenvalue weighted by Crippen LogP contribution is 2.12. The summed E-state index contributed by atoms with van der Waals surface area (Å²) in [6, 6.07) is 7.00. The van der Waals surface area contributed by atoms with Crippen molar-refractivity contribution in [2.24, 2.45) is 5.73 Å². The van der Waals surface area contributed by atoms with Crippen LogP contribution in [-0.4, -0.2) is 6.04 Å². The first-order valence-electron chi connectivity index (χ1n) is 6.73. The minimum absolute atomic E-state index is 0.0912. The molecule has 1 atom stereocenters. The molecule has 1 aromatic rings. The van der Waals surface area contributed by atoms with Crippen molar-refractivity contribution < 1.29 is 4.39 Å². The van der Waals surface area contributed by atoms with Crippen LogP contribution in [0.4, 0.5) is 4.39 Å². The normalized spacial score (nSPS) is 12.6. The second kappa shape index (κ2) is 8.24. The van der Waals surface area contributed by atoms with Crippen molar-refractivity contribution in [3.8, 4) is 0 Å². The van der Waals surface area contributed by atoms with Crippen LogP contribution in [0.25, 0.3) is 0 Å². The molecule has 0 aliphatic rings. The van der Waals surface area contributed by atoms with E-state index in [-0.39, 0.29) is 11.9 Å². The molecule has 1 rings (SSSR count). The van der Waals surface area contributed by atoms with Gasteiger partial charge in [-0.05, 0) is 24.5 Å². The summed E-state index contributed by atoms with van der Waals surface area (Å²) in [4.78, 5) is 0. The van der Waals surface area contributed by atoms with E-state index in [4.69, 9.17) is 5.73 Å². The molecule has 0 saturated carbocycles. The highest BCUT2D eigenvalue weighted by molar-refractivity contribution is 5.18. The first-order chi connectivity index (χ1) is 8.24. The highest BCUT2D eigenvalue weighted by Gasteiger charge is 2.07. The quantitative estimate of drug-likeness (QED) is 0.678. The lowest BCUT2D eigenvalue weighted by Gasteiger charge is -2.12. The average molecular weight is 237 g/mol. The molecule has 1 unspecified atom stereocenters. The number of halogens is 1. The number of rotatable bonds is 8. The van der Waals surface area contributed by atoms with Crippen molar-refractivity contribution in [3.63, 3.8) is 0 Å². The SMILES string of the molecule is CCCCCCCC(N)Cc1ccccc1F. The van der Waals surface area contributed by atoms with Crippen LogP contribution in [0.5, 0.6) is 0 Å². The molecule has 0 aliphatic carbocycles. The van der Waals surface area contributed by atoms with E-state index < -0.39 is 0 Å². The van der Waals surface area contributed by atoms with Gasteiger partial charge in [0.05, 0.1) is 0 Å². The van der Waals surface area contributed by atoms with Gasteiger partial charge in [0.1, 0.15) is 5.82 Å². The molecular weight excluding hydrogens is 213 g/mol. The molecular formula is C15H24FN. The predicted molar refractivity (Wildman–Crippen MR) is 71.5 cm³/mol. The molecule has 0 bridgehead atoms. The van der Waals surface area contributed by atoms with Gasteiger partial charge in [-0.2, -0.15) is 0 Å². The molecule has 0 spiro atoms. The fourth-order valence-corrected chi connectivity index (χ4v) is 2.06. The van der Waals surface area contributed by atoms with E-state index in [9.17, 15) is 4.39 Å². The zero-order valence-electron chi connectivity index (χ0n) is 10.8. The number of benzene rings is 1. The van der Waals surface area contributed by atoms with E-state index >= 15 is 0 Å². The van der Waals surface area contributed by atoms with Crippen LogP contribution in [0.3, 0.4) is 0 Å². The lowest BCUT2D eigenvalue weighted by atomic mass is 10.0. The zero-order chi connectivity index (χ0) is 12.5. The minimum Gasteiger partial charge on any atom is -0.327 e. The summed E-state index contributed by atoms with van der Waals surface area (Å²) in [6.45, 7) is 2.21. The molecule has 0 heterocycles. The Bertz CT molecular complexity index is 312. The standard InChI is InChI=1S/C15H24FN/c1-2-3-4-5-6-10-14(17)12-13-9-7-8-11-15(13)16/h7-9,11,14H,2-6,10,12,17H2,1H3. The number of hydrogen-bond donors (Lipinski definition) is 1. The van der Waals surface area contributed by atoms with Crippen molar-refractivity contribution in [1.82, 2.24) is 0 Å². The largest absolute Gasteiger partial charge is 0.327 e. The number of hydrogen-bond acceptors (Lipinski definition) is 1. The summed E-state index contributed by atoms with van der Waals surface area (Å²) in [5, 5.41) is 0. The molecule has 96 valence electrons. The van der Waals surface area contributed by atoms with E-state index in [1.54, 1.807) is 6.07 Å². The van der Waals surface area contributed by atoms with Gasteiger partial charge in [-0.3, -0.25) is 0 Å². The average Bonchev–Trinajstić information content (AvgIpc) is 2.32. The highest BCUT2D eigenvalue weighted by atomic mass is 19.1. The minimum atomic E-state index is -0.131. The van der Waals surface area contributed by atoms with Gasteiger partial charge in [0.25, 0.3) is 0 Å². The lowest BCUT2D eigenvalue weighted by molar-refractivity contribution is 0.525. The molecule has 0 aromatic heterocycles. The Hall–Kier alpha value is -0.890. The van der Waals surface area contributed by atoms with Gasteiger partial charge in [-0.15, -0.1) is 0 Å². The third-order valence-corrected chi connectivity index (χ3v) is 3.12. The number of nitrogens with two attached hydrogens (primary N) is 1. The van der Waals surface area contributed by atoms with Gasteiger partial charge in [-0.25, -0.2) is 4.39 Å². The summed E-state index contributed by atoms with van der Waals surface area (Å²) in [5.41, 5.74) is 6.77. The Kier molecular flexibility index (Phi) is 6.87. The van der Waals surface area contributed by atoms with Crippen molar-refractivity contribution in [1.29, 1.82) is 0 Å². The molecule has 0 aliphatic heterocycles. The zero-order valence-corrected chi connectivity index (χ0v) is 10.8. The summed E-state index contributed by atoms with van der Waals surface area (Å²) in [6.07, 6.45) is 7.93. The van der Waals surface area contributed by atoms with E-state index in [2.05, 4.69) is 6.92 Å². The smallest absolute Gasteiger partial charge is 0.126 e. The topological polar surface area (TPSA) is 26.0 Å². The van der Waals surface area contributed by atoms with Gasteiger partial charge < -0.3 is 5.73 Å². The first-order valence-corrected chi connectivity index (χ1v) is 6.73. The second-order valence-corrected chi connectivity index (χ2v) is 4.76. The first kappa shape index (κ1) is 14.2.